The van der Waals surface area contributed by atoms with Gasteiger partial charge in [-0.15, -0.1) is 11.3 Å². The summed E-state index contributed by atoms with van der Waals surface area (Å²) in [5.41, 5.74) is 7.54. The van der Waals surface area contributed by atoms with Gasteiger partial charge in [0.05, 0.1) is 11.1 Å². The Morgan fingerprint density at radius 1 is 0.465 bits per heavy atom. The van der Waals surface area contributed by atoms with Crippen LogP contribution in [0.4, 0.5) is 17.1 Å². The third-order valence-corrected chi connectivity index (χ3v) is 9.61. The van der Waals surface area contributed by atoms with E-state index in [1.807, 2.05) is 11.3 Å². The molecule has 0 unspecified atom stereocenters. The first-order valence-electron chi connectivity index (χ1n) is 14.5. The van der Waals surface area contributed by atoms with Gasteiger partial charge in [-0.3, -0.25) is 0 Å². The van der Waals surface area contributed by atoms with Crippen LogP contribution in [0.25, 0.3) is 64.0 Å². The molecular weight excluding hydrogens is 543 g/mol. The average Bonchev–Trinajstić information content (AvgIpc) is 3.65. The minimum absolute atomic E-state index is 0.887. The molecular formula is C40H25NOS. The Bertz CT molecular complexity index is 2450. The maximum Gasteiger partial charge on any atom is 0.143 e. The minimum atomic E-state index is 0.887. The van der Waals surface area contributed by atoms with Crippen LogP contribution in [0.3, 0.4) is 0 Å². The van der Waals surface area contributed by atoms with Crippen molar-refractivity contribution in [1.29, 1.82) is 0 Å². The number of rotatable bonds is 4. The highest BCUT2D eigenvalue weighted by molar-refractivity contribution is 7.25. The van der Waals surface area contributed by atoms with E-state index in [0.29, 0.717) is 0 Å². The van der Waals surface area contributed by atoms with Crippen molar-refractivity contribution in [3.05, 3.63) is 152 Å². The van der Waals surface area contributed by atoms with E-state index in [1.165, 1.54) is 36.7 Å². The van der Waals surface area contributed by atoms with Gasteiger partial charge in [0.15, 0.2) is 0 Å². The number of fused-ring (bicyclic) bond motifs is 8. The van der Waals surface area contributed by atoms with E-state index in [0.717, 1.165) is 44.4 Å². The van der Waals surface area contributed by atoms with Crippen LogP contribution < -0.4 is 4.90 Å². The zero-order valence-corrected chi connectivity index (χ0v) is 24.0. The van der Waals surface area contributed by atoms with Gasteiger partial charge in [-0.1, -0.05) is 91.0 Å². The lowest BCUT2D eigenvalue weighted by molar-refractivity contribution is 0.672. The zero-order chi connectivity index (χ0) is 28.3. The zero-order valence-electron chi connectivity index (χ0n) is 23.2. The second-order valence-corrected chi connectivity index (χ2v) is 12.0. The molecule has 0 aliphatic rings. The molecule has 2 heterocycles. The summed E-state index contributed by atoms with van der Waals surface area (Å²) < 4.78 is 9.19. The van der Waals surface area contributed by atoms with Crippen molar-refractivity contribution in [1.82, 2.24) is 0 Å². The van der Waals surface area contributed by atoms with Crippen molar-refractivity contribution in [2.45, 2.75) is 0 Å². The molecule has 0 radical (unpaired) electrons. The van der Waals surface area contributed by atoms with Crippen LogP contribution in [0.5, 0.6) is 0 Å². The summed E-state index contributed by atoms with van der Waals surface area (Å²) in [7, 11) is 0. The third-order valence-electron chi connectivity index (χ3n) is 8.46. The summed E-state index contributed by atoms with van der Waals surface area (Å²) in [5.74, 6) is 0. The number of thiophene rings is 1. The van der Waals surface area contributed by atoms with Gasteiger partial charge in [0, 0.05) is 42.3 Å². The molecule has 0 aliphatic heterocycles. The molecule has 43 heavy (non-hydrogen) atoms. The number of anilines is 3. The van der Waals surface area contributed by atoms with Crippen molar-refractivity contribution in [2.75, 3.05) is 4.90 Å². The van der Waals surface area contributed by atoms with Gasteiger partial charge in [-0.05, 0) is 77.2 Å². The van der Waals surface area contributed by atoms with Crippen LogP contribution in [-0.4, -0.2) is 0 Å². The fraction of sp³-hybridized carbons (Fsp3) is 0. The van der Waals surface area contributed by atoms with E-state index in [4.69, 9.17) is 4.42 Å². The van der Waals surface area contributed by atoms with Gasteiger partial charge in [-0.2, -0.15) is 0 Å². The van der Waals surface area contributed by atoms with E-state index in [2.05, 4.69) is 157 Å². The van der Waals surface area contributed by atoms with E-state index in [9.17, 15) is 0 Å². The Labute approximate surface area is 252 Å². The maximum atomic E-state index is 6.54. The van der Waals surface area contributed by atoms with E-state index in [1.54, 1.807) is 0 Å². The topological polar surface area (TPSA) is 16.4 Å². The Balaban J connectivity index is 1.21. The molecule has 0 saturated heterocycles. The fourth-order valence-electron chi connectivity index (χ4n) is 6.43. The predicted octanol–water partition coefficient (Wildman–Crippen LogP) is 12.2. The lowest BCUT2D eigenvalue weighted by atomic mass is 10.0. The Kier molecular flexibility index (Phi) is 5.40. The van der Waals surface area contributed by atoms with Crippen LogP contribution in [0.15, 0.2) is 156 Å². The fourth-order valence-corrected chi connectivity index (χ4v) is 7.52. The van der Waals surface area contributed by atoms with Crippen LogP contribution in [0, 0.1) is 0 Å². The van der Waals surface area contributed by atoms with Crippen LogP contribution >= 0.6 is 11.3 Å². The number of hydrogen-bond acceptors (Lipinski definition) is 3. The highest BCUT2D eigenvalue weighted by atomic mass is 32.1. The lowest BCUT2D eigenvalue weighted by Crippen LogP contribution is -2.10. The second kappa shape index (κ2) is 9.59. The van der Waals surface area contributed by atoms with E-state index < -0.39 is 0 Å². The molecule has 3 heteroatoms. The van der Waals surface area contributed by atoms with Gasteiger partial charge >= 0.3 is 0 Å². The molecule has 0 saturated carbocycles. The largest absolute Gasteiger partial charge is 0.455 e. The monoisotopic (exact) mass is 567 g/mol. The third kappa shape index (κ3) is 3.86. The first-order valence-corrected chi connectivity index (χ1v) is 15.3. The van der Waals surface area contributed by atoms with Crippen molar-refractivity contribution in [2.24, 2.45) is 0 Å². The standard InChI is InChI=1S/C40H25NOS/c1-2-10-29(11-3-1)41(35-14-8-15-36-39(35)33-23-19-27-9-4-5-12-31(27)40(33)42-36)30-21-17-26(18-22-30)28-20-24-38-34(25-28)32-13-6-7-16-37(32)43-38/h1-25H. The molecule has 2 nitrogen and oxygen atoms in total. The summed E-state index contributed by atoms with van der Waals surface area (Å²) in [6, 6.07) is 54.2. The van der Waals surface area contributed by atoms with Crippen molar-refractivity contribution in [3.63, 3.8) is 0 Å². The van der Waals surface area contributed by atoms with Crippen molar-refractivity contribution in [3.8, 4) is 11.1 Å². The number of nitrogens with zero attached hydrogens (tertiary/aromatic N) is 1. The Morgan fingerprint density at radius 2 is 1.19 bits per heavy atom. The maximum absolute atomic E-state index is 6.54. The Hall–Kier alpha value is -5.38. The van der Waals surface area contributed by atoms with Gasteiger partial charge in [0.2, 0.25) is 0 Å². The van der Waals surface area contributed by atoms with Crippen LogP contribution in [-0.2, 0) is 0 Å². The van der Waals surface area contributed by atoms with Crippen LogP contribution in [0.1, 0.15) is 0 Å². The molecule has 202 valence electrons. The molecule has 0 aliphatic carbocycles. The quantitative estimate of drug-likeness (QED) is 0.210. The van der Waals surface area contributed by atoms with E-state index >= 15 is 0 Å². The highest BCUT2D eigenvalue weighted by Crippen LogP contribution is 2.44. The molecule has 9 rings (SSSR count). The van der Waals surface area contributed by atoms with Gasteiger partial charge in [-0.25, -0.2) is 0 Å². The first kappa shape index (κ1) is 24.2. The second-order valence-electron chi connectivity index (χ2n) is 10.9. The Morgan fingerprint density at radius 3 is 2.07 bits per heavy atom. The van der Waals surface area contributed by atoms with Crippen molar-refractivity contribution >= 4 is 81.3 Å². The highest BCUT2D eigenvalue weighted by Gasteiger charge is 2.20. The molecule has 2 aromatic heterocycles. The predicted molar refractivity (Wildman–Crippen MR) is 184 cm³/mol. The number of para-hydroxylation sites is 1. The first-order chi connectivity index (χ1) is 21.3. The average molecular weight is 568 g/mol. The smallest absolute Gasteiger partial charge is 0.143 e. The molecule has 0 fully saturated rings. The van der Waals surface area contributed by atoms with Crippen LogP contribution in [0.2, 0.25) is 0 Å². The number of hydrogen-bond donors (Lipinski definition) is 0. The van der Waals surface area contributed by atoms with Gasteiger partial charge in [0.25, 0.3) is 0 Å². The molecule has 9 aromatic rings. The minimum Gasteiger partial charge on any atom is -0.455 e. The molecule has 0 N–H and O–H groups in total. The number of benzene rings is 7. The summed E-state index contributed by atoms with van der Waals surface area (Å²) in [6.07, 6.45) is 0. The summed E-state index contributed by atoms with van der Waals surface area (Å²) >= 11 is 1.86. The molecule has 0 amide bonds. The normalized spacial score (nSPS) is 11.7. The van der Waals surface area contributed by atoms with Gasteiger partial charge < -0.3 is 9.32 Å². The lowest BCUT2D eigenvalue weighted by Gasteiger charge is -2.26. The molecule has 0 spiro atoms. The van der Waals surface area contributed by atoms with Gasteiger partial charge in [0.1, 0.15) is 11.2 Å². The summed E-state index contributed by atoms with van der Waals surface area (Å²) in [6.45, 7) is 0. The van der Waals surface area contributed by atoms with E-state index in [-0.39, 0.29) is 0 Å². The summed E-state index contributed by atoms with van der Waals surface area (Å²) in [5, 5.41) is 7.19. The number of furan rings is 1. The molecule has 0 atom stereocenters. The molecule has 7 aromatic carbocycles. The van der Waals surface area contributed by atoms with Crippen molar-refractivity contribution < 1.29 is 4.42 Å². The summed E-state index contributed by atoms with van der Waals surface area (Å²) in [4.78, 5) is 2.34. The SMILES string of the molecule is c1ccc(N(c2ccc(-c3ccc4sc5ccccc5c4c3)cc2)c2cccc3oc4c5ccccc5ccc4c23)cc1. The molecule has 0 bridgehead atoms.